The summed E-state index contributed by atoms with van der Waals surface area (Å²) in [6.45, 7) is 0. The molecule has 1 N–H and O–H groups in total. The molecule has 0 fully saturated rings. The van der Waals surface area contributed by atoms with E-state index in [0.717, 1.165) is 16.3 Å². The number of ether oxygens (including phenoxy) is 1. The molecular formula is C15H11ClN2O2. The Kier molecular flexibility index (Phi) is 3.16. The monoisotopic (exact) mass is 286 g/mol. The quantitative estimate of drug-likeness (QED) is 0.731. The molecule has 3 rings (SSSR count). The number of rotatable bonds is 2. The Hall–Kier alpha value is -2.33. The maximum atomic E-state index is 11.5. The highest BCUT2D eigenvalue weighted by molar-refractivity contribution is 6.36. The topological polar surface area (TPSA) is 55.0 Å². The van der Waals surface area contributed by atoms with E-state index in [9.17, 15) is 4.79 Å². The van der Waals surface area contributed by atoms with Crippen LogP contribution in [0.2, 0.25) is 5.02 Å². The van der Waals surface area contributed by atoms with Crippen molar-refractivity contribution in [3.63, 3.8) is 0 Å². The van der Waals surface area contributed by atoms with Gasteiger partial charge < -0.3 is 4.74 Å². The minimum atomic E-state index is -0.449. The lowest BCUT2D eigenvalue weighted by molar-refractivity contribution is 0.0594. The summed E-state index contributed by atoms with van der Waals surface area (Å²) in [4.78, 5) is 11.5. The zero-order chi connectivity index (χ0) is 14.1. The fourth-order valence-electron chi connectivity index (χ4n) is 2.18. The first-order chi connectivity index (χ1) is 9.70. The van der Waals surface area contributed by atoms with Crippen LogP contribution in [0.15, 0.2) is 42.5 Å². The fourth-order valence-corrected chi connectivity index (χ4v) is 2.47. The molecule has 100 valence electrons. The number of aromatic nitrogens is 2. The molecule has 0 aliphatic heterocycles. The van der Waals surface area contributed by atoms with Gasteiger partial charge in [-0.1, -0.05) is 41.9 Å². The normalized spacial score (nSPS) is 10.7. The van der Waals surface area contributed by atoms with Crippen molar-refractivity contribution in [2.45, 2.75) is 0 Å². The van der Waals surface area contributed by atoms with Gasteiger partial charge in [0.15, 0.2) is 0 Å². The number of hydrogen-bond acceptors (Lipinski definition) is 3. The molecule has 0 aliphatic rings. The van der Waals surface area contributed by atoms with E-state index in [1.807, 2.05) is 36.4 Å². The number of nitrogens with one attached hydrogen (secondary N) is 1. The molecule has 0 saturated carbocycles. The standard InChI is InChI=1S/C15H11ClN2O2/c1-20-15(19)13-8-12(17-18-13)10-6-2-4-9-5-3-7-11(16)14(9)10/h2-8H,1H3,(H,17,18). The second kappa shape index (κ2) is 4.98. The van der Waals surface area contributed by atoms with E-state index in [-0.39, 0.29) is 0 Å². The average molecular weight is 287 g/mol. The van der Waals surface area contributed by atoms with Gasteiger partial charge in [-0.2, -0.15) is 5.10 Å². The van der Waals surface area contributed by atoms with Crippen molar-refractivity contribution in [3.8, 4) is 11.3 Å². The van der Waals surface area contributed by atoms with Gasteiger partial charge in [-0.25, -0.2) is 4.79 Å². The zero-order valence-corrected chi connectivity index (χ0v) is 11.4. The summed E-state index contributed by atoms with van der Waals surface area (Å²) in [7, 11) is 1.33. The number of fused-ring (bicyclic) bond motifs is 1. The Bertz CT molecular complexity index is 790. The molecular weight excluding hydrogens is 276 g/mol. The number of aromatic amines is 1. The van der Waals surface area contributed by atoms with Gasteiger partial charge in [0, 0.05) is 16.0 Å². The van der Waals surface area contributed by atoms with Crippen LogP contribution in [0, 0.1) is 0 Å². The number of esters is 1. The maximum Gasteiger partial charge on any atom is 0.356 e. The van der Waals surface area contributed by atoms with Crippen molar-refractivity contribution >= 4 is 28.3 Å². The van der Waals surface area contributed by atoms with E-state index in [4.69, 9.17) is 11.6 Å². The summed E-state index contributed by atoms with van der Waals surface area (Å²) in [6, 6.07) is 13.2. The van der Waals surface area contributed by atoms with E-state index < -0.39 is 5.97 Å². The average Bonchev–Trinajstić information content (AvgIpc) is 2.96. The lowest BCUT2D eigenvalue weighted by Gasteiger charge is -2.05. The van der Waals surface area contributed by atoms with Crippen LogP contribution in [0.3, 0.4) is 0 Å². The van der Waals surface area contributed by atoms with E-state index >= 15 is 0 Å². The Labute approximate surface area is 120 Å². The van der Waals surface area contributed by atoms with Crippen molar-refractivity contribution in [3.05, 3.63) is 53.2 Å². The lowest BCUT2D eigenvalue weighted by atomic mass is 10.0. The third kappa shape index (κ3) is 2.04. The molecule has 5 heteroatoms. The van der Waals surface area contributed by atoms with Crippen molar-refractivity contribution in [1.29, 1.82) is 0 Å². The van der Waals surface area contributed by atoms with E-state index in [1.165, 1.54) is 7.11 Å². The van der Waals surface area contributed by atoms with Gasteiger partial charge in [-0.3, -0.25) is 5.10 Å². The molecule has 4 nitrogen and oxygen atoms in total. The van der Waals surface area contributed by atoms with Gasteiger partial charge in [-0.15, -0.1) is 0 Å². The molecule has 0 bridgehead atoms. The minimum absolute atomic E-state index is 0.312. The molecule has 1 aromatic heterocycles. The van der Waals surface area contributed by atoms with Crippen LogP contribution in [0.25, 0.3) is 22.0 Å². The Morgan fingerprint density at radius 3 is 2.75 bits per heavy atom. The largest absolute Gasteiger partial charge is 0.464 e. The smallest absolute Gasteiger partial charge is 0.356 e. The number of methoxy groups -OCH3 is 1. The maximum absolute atomic E-state index is 11.5. The summed E-state index contributed by atoms with van der Waals surface area (Å²) < 4.78 is 4.66. The summed E-state index contributed by atoms with van der Waals surface area (Å²) >= 11 is 6.28. The molecule has 0 aliphatic carbocycles. The number of carbonyl (C=O) groups is 1. The first kappa shape index (κ1) is 12.7. The molecule has 20 heavy (non-hydrogen) atoms. The summed E-state index contributed by atoms with van der Waals surface area (Å²) in [5.41, 5.74) is 1.84. The predicted molar refractivity (Wildman–Crippen MR) is 77.9 cm³/mol. The van der Waals surface area contributed by atoms with Crippen molar-refractivity contribution < 1.29 is 9.53 Å². The summed E-state index contributed by atoms with van der Waals surface area (Å²) in [5, 5.41) is 9.43. The van der Waals surface area contributed by atoms with Crippen molar-refractivity contribution in [2.75, 3.05) is 7.11 Å². The van der Waals surface area contributed by atoms with Crippen LogP contribution >= 0.6 is 11.6 Å². The highest BCUT2D eigenvalue weighted by atomic mass is 35.5. The van der Waals surface area contributed by atoms with Crippen LogP contribution in [0.1, 0.15) is 10.5 Å². The molecule has 1 heterocycles. The van der Waals surface area contributed by atoms with Crippen LogP contribution in [-0.2, 0) is 4.74 Å². The van der Waals surface area contributed by atoms with Gasteiger partial charge in [0.2, 0.25) is 0 Å². The van der Waals surface area contributed by atoms with Crippen molar-refractivity contribution in [2.24, 2.45) is 0 Å². The number of halogens is 1. The molecule has 0 amide bonds. The molecule has 0 spiro atoms. The van der Waals surface area contributed by atoms with Gasteiger partial charge in [0.05, 0.1) is 12.8 Å². The van der Waals surface area contributed by atoms with Crippen LogP contribution < -0.4 is 0 Å². The second-order valence-electron chi connectivity index (χ2n) is 4.30. The third-order valence-corrected chi connectivity index (χ3v) is 3.43. The molecule has 0 unspecified atom stereocenters. The Balaban J connectivity index is 2.20. The summed E-state index contributed by atoms with van der Waals surface area (Å²) in [6.07, 6.45) is 0. The van der Waals surface area contributed by atoms with Gasteiger partial charge >= 0.3 is 5.97 Å². The SMILES string of the molecule is COC(=O)c1cc(-c2cccc3cccc(Cl)c23)n[nH]1. The van der Waals surface area contributed by atoms with Crippen molar-refractivity contribution in [1.82, 2.24) is 10.2 Å². The van der Waals surface area contributed by atoms with E-state index in [0.29, 0.717) is 16.4 Å². The molecule has 0 saturated heterocycles. The van der Waals surface area contributed by atoms with E-state index in [2.05, 4.69) is 14.9 Å². The zero-order valence-electron chi connectivity index (χ0n) is 10.7. The van der Waals surface area contributed by atoms with Crippen LogP contribution in [0.4, 0.5) is 0 Å². The van der Waals surface area contributed by atoms with Crippen LogP contribution in [0.5, 0.6) is 0 Å². The first-order valence-electron chi connectivity index (χ1n) is 6.02. The minimum Gasteiger partial charge on any atom is -0.464 e. The van der Waals surface area contributed by atoms with E-state index in [1.54, 1.807) is 6.07 Å². The summed E-state index contributed by atoms with van der Waals surface area (Å²) in [5.74, 6) is -0.449. The highest BCUT2D eigenvalue weighted by Gasteiger charge is 2.13. The van der Waals surface area contributed by atoms with Crippen LogP contribution in [-0.4, -0.2) is 23.3 Å². The predicted octanol–water partition coefficient (Wildman–Crippen LogP) is 3.67. The molecule has 2 aromatic carbocycles. The first-order valence-corrected chi connectivity index (χ1v) is 6.40. The molecule has 3 aromatic rings. The third-order valence-electron chi connectivity index (χ3n) is 3.11. The lowest BCUT2D eigenvalue weighted by Crippen LogP contribution is -2.00. The number of carbonyl (C=O) groups excluding carboxylic acids is 1. The number of benzene rings is 2. The fraction of sp³-hybridized carbons (Fsp3) is 0.0667. The molecule has 0 radical (unpaired) electrons. The van der Waals surface area contributed by atoms with Gasteiger partial charge in [0.1, 0.15) is 5.69 Å². The second-order valence-corrected chi connectivity index (χ2v) is 4.71. The van der Waals surface area contributed by atoms with Gasteiger partial charge in [0.25, 0.3) is 0 Å². The number of hydrogen-bond donors (Lipinski definition) is 1. The number of H-pyrrole nitrogens is 1. The molecule has 0 atom stereocenters. The highest BCUT2D eigenvalue weighted by Crippen LogP contribution is 2.32. The Morgan fingerprint density at radius 2 is 2.00 bits per heavy atom. The Morgan fingerprint density at radius 1 is 1.25 bits per heavy atom. The number of nitrogens with zero attached hydrogens (tertiary/aromatic N) is 1. The van der Waals surface area contributed by atoms with Gasteiger partial charge in [-0.05, 0) is 17.5 Å².